The predicted molar refractivity (Wildman–Crippen MR) is 66.9 cm³/mol. The van der Waals surface area contributed by atoms with Crippen LogP contribution in [0.3, 0.4) is 0 Å². The fraction of sp³-hybridized carbons (Fsp3) is 0.154. The Morgan fingerprint density at radius 2 is 2.25 bits per heavy atom. The molecule has 3 N–H and O–H groups in total. The van der Waals surface area contributed by atoms with E-state index < -0.39 is 0 Å². The van der Waals surface area contributed by atoms with Gasteiger partial charge in [0.25, 0.3) is 0 Å². The molecule has 1 amide bonds. The largest absolute Gasteiger partial charge is 0.326 e. The van der Waals surface area contributed by atoms with Crippen molar-refractivity contribution >= 4 is 11.6 Å². The van der Waals surface area contributed by atoms with Crippen LogP contribution in [0, 0.1) is 0 Å². The summed E-state index contributed by atoms with van der Waals surface area (Å²) < 4.78 is 0. The Kier molecular flexibility index (Phi) is 5.02. The number of allylic oxidation sites excluding steroid dienone is 3. The van der Waals surface area contributed by atoms with E-state index in [9.17, 15) is 4.79 Å². The number of nitrogens with one attached hydrogen (secondary N) is 1. The van der Waals surface area contributed by atoms with Crippen molar-refractivity contribution in [1.82, 2.24) is 0 Å². The van der Waals surface area contributed by atoms with E-state index in [-0.39, 0.29) is 5.91 Å². The number of nitrogens with two attached hydrogens (primary N) is 1. The molecule has 1 rings (SSSR count). The zero-order valence-corrected chi connectivity index (χ0v) is 9.31. The molecule has 3 heteroatoms. The van der Waals surface area contributed by atoms with Gasteiger partial charge in [-0.15, -0.1) is 0 Å². The van der Waals surface area contributed by atoms with Crippen LogP contribution >= 0.6 is 0 Å². The van der Waals surface area contributed by atoms with Crippen molar-refractivity contribution in [1.29, 1.82) is 0 Å². The zero-order valence-electron chi connectivity index (χ0n) is 9.31. The fourth-order valence-corrected chi connectivity index (χ4v) is 1.21. The number of benzene rings is 1. The minimum absolute atomic E-state index is 0.146. The first kappa shape index (κ1) is 12.2. The number of hydrogen-bond donors (Lipinski definition) is 2. The summed E-state index contributed by atoms with van der Waals surface area (Å²) in [6.07, 6.45) is 6.84. The molecule has 0 heterocycles. The second-order valence-corrected chi connectivity index (χ2v) is 3.28. The average Bonchev–Trinajstić information content (AvgIpc) is 2.29. The molecule has 3 nitrogen and oxygen atoms in total. The highest BCUT2D eigenvalue weighted by Gasteiger charge is 1.97. The van der Waals surface area contributed by atoms with E-state index in [2.05, 4.69) is 5.32 Å². The molecule has 0 bridgehead atoms. The predicted octanol–water partition coefficient (Wildman–Crippen LogP) is 2.22. The Morgan fingerprint density at radius 1 is 1.44 bits per heavy atom. The van der Waals surface area contributed by atoms with Gasteiger partial charge in [0.05, 0.1) is 0 Å². The quantitative estimate of drug-likeness (QED) is 0.599. The minimum atomic E-state index is -0.146. The van der Waals surface area contributed by atoms with Crippen molar-refractivity contribution in [2.45, 2.75) is 13.5 Å². The van der Waals surface area contributed by atoms with Gasteiger partial charge >= 0.3 is 0 Å². The van der Waals surface area contributed by atoms with E-state index in [0.717, 1.165) is 11.3 Å². The van der Waals surface area contributed by atoms with Crippen LogP contribution in [0.4, 0.5) is 5.69 Å². The van der Waals surface area contributed by atoms with E-state index >= 15 is 0 Å². The normalized spacial score (nSPS) is 11.1. The van der Waals surface area contributed by atoms with Gasteiger partial charge in [0.1, 0.15) is 0 Å². The molecule has 16 heavy (non-hydrogen) atoms. The number of hydrogen-bond acceptors (Lipinski definition) is 2. The van der Waals surface area contributed by atoms with E-state index in [1.807, 2.05) is 37.3 Å². The van der Waals surface area contributed by atoms with E-state index in [4.69, 9.17) is 5.73 Å². The van der Waals surface area contributed by atoms with Crippen molar-refractivity contribution in [2.75, 3.05) is 5.32 Å². The summed E-state index contributed by atoms with van der Waals surface area (Å²) >= 11 is 0. The van der Waals surface area contributed by atoms with Gasteiger partial charge in [0.2, 0.25) is 5.91 Å². The fourth-order valence-electron chi connectivity index (χ4n) is 1.21. The van der Waals surface area contributed by atoms with Crippen LogP contribution < -0.4 is 11.1 Å². The molecule has 0 aliphatic heterocycles. The molecule has 0 aliphatic carbocycles. The highest BCUT2D eigenvalue weighted by atomic mass is 16.1. The van der Waals surface area contributed by atoms with Crippen LogP contribution in [0.5, 0.6) is 0 Å². The second-order valence-electron chi connectivity index (χ2n) is 3.28. The highest BCUT2D eigenvalue weighted by molar-refractivity contribution is 5.99. The summed E-state index contributed by atoms with van der Waals surface area (Å²) in [6.45, 7) is 2.37. The Hall–Kier alpha value is -1.87. The van der Waals surface area contributed by atoms with Gasteiger partial charge in [-0.3, -0.25) is 4.79 Å². The summed E-state index contributed by atoms with van der Waals surface area (Å²) in [4.78, 5) is 11.4. The molecule has 0 aromatic heterocycles. The lowest BCUT2D eigenvalue weighted by Crippen LogP contribution is -2.08. The Morgan fingerprint density at radius 3 is 2.94 bits per heavy atom. The molecule has 0 saturated carbocycles. The molecule has 0 spiro atoms. The molecular weight excluding hydrogens is 200 g/mol. The molecule has 0 unspecified atom stereocenters. The Labute approximate surface area is 95.7 Å². The smallest absolute Gasteiger partial charge is 0.248 e. The lowest BCUT2D eigenvalue weighted by Gasteiger charge is -2.03. The highest BCUT2D eigenvalue weighted by Crippen LogP contribution is 2.09. The van der Waals surface area contributed by atoms with Crippen LogP contribution in [-0.4, -0.2) is 5.91 Å². The molecule has 0 radical (unpaired) electrons. The molecule has 0 fully saturated rings. The maximum absolute atomic E-state index is 11.4. The SMILES string of the molecule is CC=CC=CC(=O)Nc1cccc(CN)c1. The summed E-state index contributed by atoms with van der Waals surface area (Å²) in [5.74, 6) is -0.146. The van der Waals surface area contributed by atoms with Gasteiger partial charge in [-0.05, 0) is 24.6 Å². The summed E-state index contributed by atoms with van der Waals surface area (Å²) in [6, 6.07) is 7.49. The van der Waals surface area contributed by atoms with Gasteiger partial charge in [-0.2, -0.15) is 0 Å². The topological polar surface area (TPSA) is 55.1 Å². The van der Waals surface area contributed by atoms with Gasteiger partial charge in [0.15, 0.2) is 0 Å². The summed E-state index contributed by atoms with van der Waals surface area (Å²) in [5.41, 5.74) is 7.27. The lowest BCUT2D eigenvalue weighted by atomic mass is 10.2. The van der Waals surface area contributed by atoms with Crippen molar-refractivity contribution < 1.29 is 4.79 Å². The van der Waals surface area contributed by atoms with Gasteiger partial charge in [0, 0.05) is 18.3 Å². The average molecular weight is 216 g/mol. The number of rotatable bonds is 4. The van der Waals surface area contributed by atoms with Crippen LogP contribution in [0.1, 0.15) is 12.5 Å². The third-order valence-electron chi connectivity index (χ3n) is 1.98. The molecule has 0 saturated heterocycles. The van der Waals surface area contributed by atoms with E-state index in [1.54, 1.807) is 12.2 Å². The van der Waals surface area contributed by atoms with Gasteiger partial charge < -0.3 is 11.1 Å². The van der Waals surface area contributed by atoms with Gasteiger partial charge in [-0.1, -0.05) is 30.4 Å². The maximum Gasteiger partial charge on any atom is 0.248 e. The standard InChI is InChI=1S/C13H16N2O/c1-2-3-4-8-13(16)15-12-7-5-6-11(9-12)10-14/h2-9H,10,14H2,1H3,(H,15,16). The molecule has 0 aliphatic rings. The molecular formula is C13H16N2O. The minimum Gasteiger partial charge on any atom is -0.326 e. The monoisotopic (exact) mass is 216 g/mol. The second kappa shape index (κ2) is 6.58. The summed E-state index contributed by atoms with van der Waals surface area (Å²) in [5, 5.41) is 2.76. The summed E-state index contributed by atoms with van der Waals surface area (Å²) in [7, 11) is 0. The first-order valence-electron chi connectivity index (χ1n) is 5.15. The molecule has 1 aromatic carbocycles. The van der Waals surface area contributed by atoms with E-state index in [1.165, 1.54) is 6.08 Å². The number of amides is 1. The zero-order chi connectivity index (χ0) is 11.8. The van der Waals surface area contributed by atoms with Crippen LogP contribution in [0.15, 0.2) is 48.6 Å². The number of anilines is 1. The van der Waals surface area contributed by atoms with Crippen molar-refractivity contribution in [3.8, 4) is 0 Å². The van der Waals surface area contributed by atoms with E-state index in [0.29, 0.717) is 6.54 Å². The van der Waals surface area contributed by atoms with Crippen LogP contribution in [-0.2, 0) is 11.3 Å². The van der Waals surface area contributed by atoms with Crippen molar-refractivity contribution in [2.24, 2.45) is 5.73 Å². The molecule has 0 atom stereocenters. The molecule has 1 aromatic rings. The number of carbonyl (C=O) groups excluding carboxylic acids is 1. The van der Waals surface area contributed by atoms with Gasteiger partial charge in [-0.25, -0.2) is 0 Å². The maximum atomic E-state index is 11.4. The first-order chi connectivity index (χ1) is 7.76. The van der Waals surface area contributed by atoms with Crippen LogP contribution in [0.25, 0.3) is 0 Å². The third kappa shape index (κ3) is 4.11. The lowest BCUT2D eigenvalue weighted by molar-refractivity contribution is -0.111. The Balaban J connectivity index is 2.62. The van der Waals surface area contributed by atoms with Crippen LogP contribution in [0.2, 0.25) is 0 Å². The van der Waals surface area contributed by atoms with Crippen molar-refractivity contribution in [3.63, 3.8) is 0 Å². The number of carbonyl (C=O) groups is 1. The first-order valence-corrected chi connectivity index (χ1v) is 5.15. The Bertz CT molecular complexity index is 408. The molecule has 84 valence electrons. The van der Waals surface area contributed by atoms with Crippen molar-refractivity contribution in [3.05, 3.63) is 54.1 Å². The third-order valence-corrected chi connectivity index (χ3v) is 1.98.